The van der Waals surface area contributed by atoms with Gasteiger partial charge in [0.1, 0.15) is 10.0 Å². The molecule has 2 saturated heterocycles. The lowest BCUT2D eigenvalue weighted by atomic mass is 9.90. The molecular weight excluding hydrogens is 358 g/mol. The molecule has 134 valence electrons. The van der Waals surface area contributed by atoms with Gasteiger partial charge in [0.2, 0.25) is 0 Å². The van der Waals surface area contributed by atoms with Gasteiger partial charge in [-0.25, -0.2) is 13.4 Å². The topological polar surface area (TPSA) is 71.5 Å². The fourth-order valence-electron chi connectivity index (χ4n) is 3.68. The van der Waals surface area contributed by atoms with Crippen molar-refractivity contribution >= 4 is 27.2 Å². The zero-order valence-corrected chi connectivity index (χ0v) is 15.4. The van der Waals surface area contributed by atoms with Crippen LogP contribution in [0.5, 0.6) is 0 Å². The van der Waals surface area contributed by atoms with Crippen LogP contribution >= 0.6 is 11.3 Å². The molecule has 4 rings (SSSR count). The van der Waals surface area contributed by atoms with Crippen LogP contribution in [0.3, 0.4) is 0 Å². The van der Waals surface area contributed by atoms with Crippen molar-refractivity contribution in [2.45, 2.75) is 35.1 Å². The number of ether oxygens (including phenoxy) is 1. The first-order valence-electron chi connectivity index (χ1n) is 8.43. The highest BCUT2D eigenvalue weighted by molar-refractivity contribution is 7.91. The van der Waals surface area contributed by atoms with Crippen molar-refractivity contribution in [1.29, 1.82) is 0 Å². The molecule has 0 aromatic carbocycles. The average Bonchev–Trinajstić information content (AvgIpc) is 3.27. The summed E-state index contributed by atoms with van der Waals surface area (Å²) in [7, 11) is -3.42. The minimum Gasteiger partial charge on any atom is -0.371 e. The summed E-state index contributed by atoms with van der Waals surface area (Å²) in [6, 6.07) is 9.35. The lowest BCUT2D eigenvalue weighted by Crippen LogP contribution is -2.50. The van der Waals surface area contributed by atoms with Gasteiger partial charge >= 0.3 is 0 Å². The Hall–Kier alpha value is -1.48. The Labute approximate surface area is 151 Å². The van der Waals surface area contributed by atoms with E-state index in [4.69, 9.17) is 4.74 Å². The van der Waals surface area contributed by atoms with Crippen LogP contribution in [-0.2, 0) is 14.8 Å². The summed E-state index contributed by atoms with van der Waals surface area (Å²) in [5.41, 5.74) is -0.394. The second-order valence-corrected chi connectivity index (χ2v) is 9.74. The number of hydrogen-bond donors (Lipinski definition) is 1. The van der Waals surface area contributed by atoms with Gasteiger partial charge in [-0.2, -0.15) is 4.31 Å². The highest BCUT2D eigenvalue weighted by Crippen LogP contribution is 2.37. The van der Waals surface area contributed by atoms with Crippen molar-refractivity contribution in [2.75, 3.05) is 25.0 Å². The van der Waals surface area contributed by atoms with Gasteiger partial charge in [-0.3, -0.25) is 0 Å². The highest BCUT2D eigenvalue weighted by atomic mass is 32.2. The molecule has 2 aromatic rings. The molecule has 2 aliphatic rings. The number of nitrogens with zero attached hydrogens (tertiary/aromatic N) is 2. The fourth-order valence-corrected chi connectivity index (χ4v) is 6.38. The number of thiophene rings is 1. The fraction of sp³-hybridized carbons (Fsp3) is 0.471. The molecule has 1 spiro atoms. The molecule has 4 heterocycles. The molecule has 0 amide bonds. The van der Waals surface area contributed by atoms with Crippen LogP contribution < -0.4 is 5.32 Å². The van der Waals surface area contributed by atoms with Gasteiger partial charge in [-0.05, 0) is 36.4 Å². The summed E-state index contributed by atoms with van der Waals surface area (Å²) in [6.45, 7) is 1.56. The summed E-state index contributed by atoms with van der Waals surface area (Å²) >= 11 is 1.27. The first kappa shape index (κ1) is 17.0. The van der Waals surface area contributed by atoms with E-state index in [2.05, 4.69) is 10.3 Å². The summed E-state index contributed by atoms with van der Waals surface area (Å²) < 4.78 is 33.7. The number of pyridine rings is 1. The van der Waals surface area contributed by atoms with Crippen molar-refractivity contribution in [3.8, 4) is 0 Å². The Balaban J connectivity index is 1.46. The number of sulfonamides is 1. The van der Waals surface area contributed by atoms with E-state index in [1.807, 2.05) is 18.2 Å². The molecule has 0 saturated carbocycles. The monoisotopic (exact) mass is 379 g/mol. The second-order valence-electron chi connectivity index (χ2n) is 6.63. The van der Waals surface area contributed by atoms with Crippen molar-refractivity contribution in [2.24, 2.45) is 0 Å². The number of nitrogens with one attached hydrogen (secondary N) is 1. The SMILES string of the molecule is O=S(=O)(c1cccs1)N1CCC[C@@]2(C[C@@H](Nc3ccccn3)CO2)C1. The third kappa shape index (κ3) is 3.44. The maximum Gasteiger partial charge on any atom is 0.252 e. The standard InChI is InChI=1S/C17H21N3O3S2/c21-25(22,16-6-3-10-24-16)20-9-4-7-17(13-20)11-14(12-23-17)19-15-5-1-2-8-18-15/h1-3,5-6,8,10,14H,4,7,9,11-13H2,(H,18,19)/t14-,17-/m1/s1. The molecular formula is C17H21N3O3S2. The maximum atomic E-state index is 12.8. The van der Waals surface area contributed by atoms with Crippen molar-refractivity contribution in [3.63, 3.8) is 0 Å². The van der Waals surface area contributed by atoms with E-state index in [9.17, 15) is 8.42 Å². The van der Waals surface area contributed by atoms with Gasteiger partial charge in [0, 0.05) is 25.7 Å². The number of piperidine rings is 1. The molecule has 2 aromatic heterocycles. The summed E-state index contributed by atoms with van der Waals surface area (Å²) in [5, 5.41) is 5.19. The predicted octanol–water partition coefficient (Wildman–Crippen LogP) is 2.57. The van der Waals surface area contributed by atoms with Crippen LogP contribution in [0.4, 0.5) is 5.82 Å². The van der Waals surface area contributed by atoms with Crippen molar-refractivity contribution in [3.05, 3.63) is 41.9 Å². The molecule has 2 atom stereocenters. The molecule has 0 bridgehead atoms. The zero-order valence-electron chi connectivity index (χ0n) is 13.8. The van der Waals surface area contributed by atoms with E-state index in [-0.39, 0.29) is 6.04 Å². The Kier molecular flexibility index (Phi) is 4.53. The Morgan fingerprint density at radius 3 is 3.00 bits per heavy atom. The molecule has 0 radical (unpaired) electrons. The van der Waals surface area contributed by atoms with Crippen LogP contribution in [0.25, 0.3) is 0 Å². The first-order valence-corrected chi connectivity index (χ1v) is 10.7. The summed E-state index contributed by atoms with van der Waals surface area (Å²) in [5.74, 6) is 0.826. The largest absolute Gasteiger partial charge is 0.371 e. The third-order valence-corrected chi connectivity index (χ3v) is 8.04. The highest BCUT2D eigenvalue weighted by Gasteiger charge is 2.46. The quantitative estimate of drug-likeness (QED) is 0.884. The van der Waals surface area contributed by atoms with Gasteiger partial charge in [-0.15, -0.1) is 11.3 Å². The van der Waals surface area contributed by atoms with E-state index in [0.29, 0.717) is 23.9 Å². The van der Waals surface area contributed by atoms with E-state index in [0.717, 1.165) is 25.1 Å². The normalized spacial score (nSPS) is 27.6. The van der Waals surface area contributed by atoms with Gasteiger partial charge in [-0.1, -0.05) is 12.1 Å². The predicted molar refractivity (Wildman–Crippen MR) is 97.3 cm³/mol. The molecule has 25 heavy (non-hydrogen) atoms. The minimum atomic E-state index is -3.42. The second kappa shape index (κ2) is 6.68. The molecule has 2 aliphatic heterocycles. The number of anilines is 1. The Morgan fingerprint density at radius 2 is 2.24 bits per heavy atom. The lowest BCUT2D eigenvalue weighted by molar-refractivity contribution is -0.0329. The number of rotatable bonds is 4. The molecule has 0 unspecified atom stereocenters. The van der Waals surface area contributed by atoms with Crippen LogP contribution in [0.2, 0.25) is 0 Å². The maximum absolute atomic E-state index is 12.8. The smallest absolute Gasteiger partial charge is 0.252 e. The van der Waals surface area contributed by atoms with Crippen molar-refractivity contribution < 1.29 is 13.2 Å². The lowest BCUT2D eigenvalue weighted by Gasteiger charge is -2.38. The van der Waals surface area contributed by atoms with E-state index < -0.39 is 15.6 Å². The van der Waals surface area contributed by atoms with Gasteiger partial charge < -0.3 is 10.1 Å². The van der Waals surface area contributed by atoms with Crippen molar-refractivity contribution in [1.82, 2.24) is 9.29 Å². The molecule has 2 fully saturated rings. The molecule has 6 nitrogen and oxygen atoms in total. The summed E-state index contributed by atoms with van der Waals surface area (Å²) in [6.07, 6.45) is 4.26. The van der Waals surface area contributed by atoms with Crippen LogP contribution in [0.1, 0.15) is 19.3 Å². The van der Waals surface area contributed by atoms with E-state index in [1.54, 1.807) is 28.0 Å². The number of hydrogen-bond acceptors (Lipinski definition) is 6. The molecule has 1 N–H and O–H groups in total. The number of aromatic nitrogens is 1. The average molecular weight is 380 g/mol. The molecule has 8 heteroatoms. The van der Waals surface area contributed by atoms with E-state index >= 15 is 0 Å². The van der Waals surface area contributed by atoms with Crippen LogP contribution in [-0.4, -0.2) is 49.0 Å². The zero-order chi connectivity index (χ0) is 17.3. The minimum absolute atomic E-state index is 0.152. The van der Waals surface area contributed by atoms with Gasteiger partial charge in [0.25, 0.3) is 10.0 Å². The first-order chi connectivity index (χ1) is 12.1. The molecule has 0 aliphatic carbocycles. The van der Waals surface area contributed by atoms with Gasteiger partial charge in [0.05, 0.1) is 18.2 Å². The Bertz CT molecular complexity index is 811. The van der Waals surface area contributed by atoms with Crippen LogP contribution in [0, 0.1) is 0 Å². The van der Waals surface area contributed by atoms with Crippen LogP contribution in [0.15, 0.2) is 46.1 Å². The van der Waals surface area contributed by atoms with E-state index in [1.165, 1.54) is 11.3 Å². The third-order valence-electron chi connectivity index (χ3n) is 4.82. The summed E-state index contributed by atoms with van der Waals surface area (Å²) in [4.78, 5) is 4.29. The van der Waals surface area contributed by atoms with Gasteiger partial charge in [0.15, 0.2) is 0 Å². The Morgan fingerprint density at radius 1 is 1.32 bits per heavy atom.